The van der Waals surface area contributed by atoms with Crippen molar-refractivity contribution in [3.05, 3.63) is 23.9 Å². The molecule has 0 spiro atoms. The summed E-state index contributed by atoms with van der Waals surface area (Å²) in [6, 6.07) is 5.43. The standard InChI is InChI=1S/C19H27N5O3/c1-21-19(20)23-18(25)14-12-13-15(26-2)6-7-16(17(13)22-14)27-11-5-10-24-8-3-4-9-24/h6-7,12,22H,3-5,8-11H2,1-2H3,(H3,20,21,23,25). The van der Waals surface area contributed by atoms with E-state index in [0.717, 1.165) is 23.9 Å². The number of carbonyl (C=O) groups excluding carboxylic acids is 1. The zero-order chi connectivity index (χ0) is 19.2. The third-order valence-corrected chi connectivity index (χ3v) is 4.74. The molecule has 1 aromatic heterocycles. The zero-order valence-corrected chi connectivity index (χ0v) is 15.9. The van der Waals surface area contributed by atoms with E-state index in [9.17, 15) is 4.79 Å². The molecule has 146 valence electrons. The van der Waals surface area contributed by atoms with Crippen molar-refractivity contribution in [3.63, 3.8) is 0 Å². The summed E-state index contributed by atoms with van der Waals surface area (Å²) in [7, 11) is 3.11. The first-order chi connectivity index (χ1) is 13.1. The van der Waals surface area contributed by atoms with E-state index in [1.54, 1.807) is 13.2 Å². The number of methoxy groups -OCH3 is 1. The first-order valence-corrected chi connectivity index (χ1v) is 9.21. The Labute approximate surface area is 158 Å². The Morgan fingerprint density at radius 3 is 2.78 bits per heavy atom. The zero-order valence-electron chi connectivity index (χ0n) is 15.9. The number of nitrogens with zero attached hydrogens (tertiary/aromatic N) is 2. The van der Waals surface area contributed by atoms with Crippen LogP contribution >= 0.6 is 0 Å². The van der Waals surface area contributed by atoms with Gasteiger partial charge in [0.2, 0.25) is 0 Å². The van der Waals surface area contributed by atoms with Crippen molar-refractivity contribution in [2.24, 2.45) is 10.7 Å². The molecule has 3 rings (SSSR count). The lowest BCUT2D eigenvalue weighted by atomic mass is 10.2. The Balaban J connectivity index is 1.73. The topological polar surface area (TPSA) is 105 Å². The average Bonchev–Trinajstić information content (AvgIpc) is 3.34. The van der Waals surface area contributed by atoms with Crippen LogP contribution in [0.3, 0.4) is 0 Å². The number of nitrogens with one attached hydrogen (secondary N) is 2. The van der Waals surface area contributed by atoms with Crippen molar-refractivity contribution in [2.45, 2.75) is 19.3 Å². The number of benzene rings is 1. The van der Waals surface area contributed by atoms with Crippen LogP contribution < -0.4 is 20.5 Å². The minimum atomic E-state index is -0.365. The predicted octanol–water partition coefficient (Wildman–Crippen LogP) is 1.72. The Morgan fingerprint density at radius 2 is 2.07 bits per heavy atom. The van der Waals surface area contributed by atoms with Gasteiger partial charge in [0.15, 0.2) is 5.96 Å². The van der Waals surface area contributed by atoms with Crippen LogP contribution in [0.15, 0.2) is 23.2 Å². The molecule has 0 aliphatic carbocycles. The van der Waals surface area contributed by atoms with Crippen molar-refractivity contribution in [3.8, 4) is 11.5 Å². The lowest BCUT2D eigenvalue weighted by Gasteiger charge is -2.15. The molecule has 8 nitrogen and oxygen atoms in total. The third-order valence-electron chi connectivity index (χ3n) is 4.74. The second-order valence-electron chi connectivity index (χ2n) is 6.55. The highest BCUT2D eigenvalue weighted by Crippen LogP contribution is 2.33. The van der Waals surface area contributed by atoms with Gasteiger partial charge in [0.25, 0.3) is 5.91 Å². The van der Waals surface area contributed by atoms with Crippen molar-refractivity contribution in [1.29, 1.82) is 0 Å². The lowest BCUT2D eigenvalue weighted by molar-refractivity contribution is 0.0972. The van der Waals surface area contributed by atoms with E-state index >= 15 is 0 Å². The van der Waals surface area contributed by atoms with Gasteiger partial charge < -0.3 is 25.1 Å². The van der Waals surface area contributed by atoms with Crippen molar-refractivity contribution in [1.82, 2.24) is 15.2 Å². The number of carbonyl (C=O) groups is 1. The Hall–Kier alpha value is -2.74. The second-order valence-corrected chi connectivity index (χ2v) is 6.55. The number of aliphatic imine (C=N–C) groups is 1. The molecule has 8 heteroatoms. The highest BCUT2D eigenvalue weighted by Gasteiger charge is 2.16. The summed E-state index contributed by atoms with van der Waals surface area (Å²) < 4.78 is 11.4. The third kappa shape index (κ3) is 4.51. The van der Waals surface area contributed by atoms with Crippen LogP contribution in [-0.4, -0.2) is 62.1 Å². The summed E-state index contributed by atoms with van der Waals surface area (Å²) >= 11 is 0. The summed E-state index contributed by atoms with van der Waals surface area (Å²) in [5.74, 6) is 1.06. The maximum atomic E-state index is 12.3. The molecule has 2 heterocycles. The normalized spacial score (nSPS) is 15.3. The molecule has 0 unspecified atom stereocenters. The Kier molecular flexibility index (Phi) is 6.18. The predicted molar refractivity (Wildman–Crippen MR) is 106 cm³/mol. The first kappa shape index (κ1) is 19.0. The van der Waals surface area contributed by atoms with Crippen LogP contribution in [-0.2, 0) is 0 Å². The summed E-state index contributed by atoms with van der Waals surface area (Å²) in [5, 5.41) is 3.30. The molecule has 1 aliphatic heterocycles. The number of H-pyrrole nitrogens is 1. The lowest BCUT2D eigenvalue weighted by Crippen LogP contribution is -2.36. The molecular weight excluding hydrogens is 346 g/mol. The van der Waals surface area contributed by atoms with Gasteiger partial charge in [-0.1, -0.05) is 0 Å². The number of likely N-dealkylation sites (tertiary alicyclic amines) is 1. The number of hydrogen-bond acceptors (Lipinski definition) is 5. The SMILES string of the molecule is CN=C(N)NC(=O)c1cc2c(OC)ccc(OCCCN3CCCC3)c2[nH]1. The van der Waals surface area contributed by atoms with Gasteiger partial charge in [-0.05, 0) is 50.6 Å². The number of fused-ring (bicyclic) bond motifs is 1. The maximum absolute atomic E-state index is 12.3. The molecular formula is C19H27N5O3. The molecule has 1 aromatic carbocycles. The fraction of sp³-hybridized carbons (Fsp3) is 0.474. The number of amides is 1. The molecule has 4 N–H and O–H groups in total. The molecule has 0 atom stereocenters. The average molecular weight is 373 g/mol. The number of ether oxygens (including phenoxy) is 2. The molecule has 2 aromatic rings. The van der Waals surface area contributed by atoms with Crippen LogP contribution in [0.2, 0.25) is 0 Å². The van der Waals surface area contributed by atoms with Crippen LogP contribution in [0, 0.1) is 0 Å². The van der Waals surface area contributed by atoms with E-state index in [1.807, 2.05) is 12.1 Å². The van der Waals surface area contributed by atoms with E-state index in [2.05, 4.69) is 20.2 Å². The smallest absolute Gasteiger partial charge is 0.274 e. The monoisotopic (exact) mass is 373 g/mol. The summed E-state index contributed by atoms with van der Waals surface area (Å²) in [5.41, 5.74) is 6.67. The molecule has 0 bridgehead atoms. The molecule has 27 heavy (non-hydrogen) atoms. The number of nitrogens with two attached hydrogens (primary N) is 1. The number of guanidine groups is 1. The quantitative estimate of drug-likeness (QED) is 0.389. The van der Waals surface area contributed by atoms with Crippen LogP contribution in [0.1, 0.15) is 29.8 Å². The fourth-order valence-corrected chi connectivity index (χ4v) is 3.30. The van der Waals surface area contributed by atoms with Gasteiger partial charge in [-0.25, -0.2) is 0 Å². The maximum Gasteiger partial charge on any atom is 0.274 e. The van der Waals surface area contributed by atoms with Crippen molar-refractivity contribution < 1.29 is 14.3 Å². The number of aromatic amines is 1. The van der Waals surface area contributed by atoms with Gasteiger partial charge in [0, 0.05) is 19.0 Å². The van der Waals surface area contributed by atoms with Gasteiger partial charge in [-0.2, -0.15) is 0 Å². The second kappa shape index (κ2) is 8.77. The van der Waals surface area contributed by atoms with Gasteiger partial charge in [0.05, 0.1) is 19.2 Å². The van der Waals surface area contributed by atoms with Crippen molar-refractivity contribution in [2.75, 3.05) is 40.4 Å². The minimum Gasteiger partial charge on any atom is -0.496 e. The molecule has 1 amide bonds. The van der Waals surface area contributed by atoms with Gasteiger partial charge >= 0.3 is 0 Å². The molecule has 1 aliphatic rings. The Morgan fingerprint density at radius 1 is 1.33 bits per heavy atom. The van der Waals surface area contributed by atoms with Crippen LogP contribution in [0.5, 0.6) is 11.5 Å². The van der Waals surface area contributed by atoms with Crippen LogP contribution in [0.4, 0.5) is 0 Å². The van der Waals surface area contributed by atoms with E-state index in [-0.39, 0.29) is 11.9 Å². The summed E-state index contributed by atoms with van der Waals surface area (Å²) in [6.07, 6.45) is 3.55. The van der Waals surface area contributed by atoms with E-state index in [4.69, 9.17) is 15.2 Å². The van der Waals surface area contributed by atoms with Crippen molar-refractivity contribution >= 4 is 22.8 Å². The molecule has 1 fully saturated rings. The number of aromatic nitrogens is 1. The summed E-state index contributed by atoms with van der Waals surface area (Å²) in [6.45, 7) is 4.04. The van der Waals surface area contributed by atoms with E-state index < -0.39 is 0 Å². The fourth-order valence-electron chi connectivity index (χ4n) is 3.30. The van der Waals surface area contributed by atoms with Gasteiger partial charge in [-0.3, -0.25) is 15.1 Å². The highest BCUT2D eigenvalue weighted by molar-refractivity contribution is 6.07. The Bertz CT molecular complexity index is 824. The highest BCUT2D eigenvalue weighted by atomic mass is 16.5. The summed E-state index contributed by atoms with van der Waals surface area (Å²) in [4.78, 5) is 21.6. The number of hydrogen-bond donors (Lipinski definition) is 3. The van der Waals surface area contributed by atoms with Gasteiger partial charge in [0.1, 0.15) is 17.2 Å². The van der Waals surface area contributed by atoms with Gasteiger partial charge in [-0.15, -0.1) is 0 Å². The molecule has 1 saturated heterocycles. The molecule has 0 radical (unpaired) electrons. The number of rotatable bonds is 7. The minimum absolute atomic E-state index is 0.0593. The van der Waals surface area contributed by atoms with E-state index in [0.29, 0.717) is 23.8 Å². The van der Waals surface area contributed by atoms with E-state index in [1.165, 1.54) is 33.0 Å². The first-order valence-electron chi connectivity index (χ1n) is 9.21. The van der Waals surface area contributed by atoms with Crippen LogP contribution in [0.25, 0.3) is 10.9 Å². The molecule has 0 saturated carbocycles. The largest absolute Gasteiger partial charge is 0.496 e.